The summed E-state index contributed by atoms with van der Waals surface area (Å²) in [6.45, 7) is 1.99. The summed E-state index contributed by atoms with van der Waals surface area (Å²) in [5, 5.41) is 5.63. The number of piperazine rings is 1. The first-order chi connectivity index (χ1) is 13.6. The number of ether oxygens (including phenoxy) is 2. The first-order valence-electron chi connectivity index (χ1n) is 9.12. The Morgan fingerprint density at radius 3 is 2.89 bits per heavy atom. The molecule has 150 valence electrons. The van der Waals surface area contributed by atoms with E-state index in [4.69, 9.17) is 13.9 Å². The molecule has 0 radical (unpaired) electrons. The predicted octanol–water partition coefficient (Wildman–Crippen LogP) is 1.30. The smallest absolute Gasteiger partial charge is 0.237 e. The molecule has 2 heterocycles. The van der Waals surface area contributed by atoms with Gasteiger partial charge in [0.25, 0.3) is 0 Å². The minimum absolute atomic E-state index is 0.0744. The van der Waals surface area contributed by atoms with Crippen LogP contribution in [0.3, 0.4) is 0 Å². The lowest BCUT2D eigenvalue weighted by atomic mass is 10.1. The summed E-state index contributed by atoms with van der Waals surface area (Å²) in [5.41, 5.74) is 0.930. The van der Waals surface area contributed by atoms with Crippen LogP contribution in [0.15, 0.2) is 41.0 Å². The number of amides is 2. The molecule has 28 heavy (non-hydrogen) atoms. The van der Waals surface area contributed by atoms with Crippen molar-refractivity contribution in [1.82, 2.24) is 15.5 Å². The van der Waals surface area contributed by atoms with Crippen LogP contribution in [0.5, 0.6) is 11.5 Å². The fourth-order valence-electron chi connectivity index (χ4n) is 3.22. The average molecular weight is 387 g/mol. The number of rotatable bonds is 8. The number of carbonyl (C=O) groups excluding carboxylic acids is 2. The Labute approximate surface area is 163 Å². The summed E-state index contributed by atoms with van der Waals surface area (Å²) in [6.07, 6.45) is 1.63. The van der Waals surface area contributed by atoms with Gasteiger partial charge in [0.15, 0.2) is 0 Å². The number of hydrogen-bond donors (Lipinski definition) is 2. The normalized spacial score (nSPS) is 17.1. The van der Waals surface area contributed by atoms with Gasteiger partial charge in [-0.2, -0.15) is 0 Å². The maximum atomic E-state index is 12.4. The van der Waals surface area contributed by atoms with Crippen molar-refractivity contribution < 1.29 is 23.5 Å². The van der Waals surface area contributed by atoms with E-state index in [2.05, 4.69) is 10.6 Å². The number of nitrogens with one attached hydrogen (secondary N) is 2. The Morgan fingerprint density at radius 1 is 1.32 bits per heavy atom. The molecule has 1 aliphatic heterocycles. The Balaban J connectivity index is 1.66. The van der Waals surface area contributed by atoms with Crippen LogP contribution in [0.1, 0.15) is 17.7 Å². The van der Waals surface area contributed by atoms with Crippen molar-refractivity contribution in [2.45, 2.75) is 25.6 Å². The van der Waals surface area contributed by atoms with Crippen molar-refractivity contribution in [3.05, 3.63) is 47.9 Å². The van der Waals surface area contributed by atoms with Gasteiger partial charge < -0.3 is 24.5 Å². The Bertz CT molecular complexity index is 806. The zero-order valence-corrected chi connectivity index (χ0v) is 16.1. The highest BCUT2D eigenvalue weighted by molar-refractivity contribution is 5.88. The minimum atomic E-state index is -0.544. The molecule has 8 heteroatoms. The van der Waals surface area contributed by atoms with E-state index in [0.29, 0.717) is 43.4 Å². The van der Waals surface area contributed by atoms with Crippen LogP contribution < -0.4 is 20.1 Å². The predicted molar refractivity (Wildman–Crippen MR) is 102 cm³/mol. The van der Waals surface area contributed by atoms with Gasteiger partial charge in [-0.3, -0.25) is 14.5 Å². The second kappa shape index (κ2) is 9.27. The lowest BCUT2D eigenvalue weighted by molar-refractivity contribution is -0.134. The quantitative estimate of drug-likeness (QED) is 0.709. The van der Waals surface area contributed by atoms with Gasteiger partial charge in [-0.1, -0.05) is 6.07 Å². The lowest BCUT2D eigenvalue weighted by Crippen LogP contribution is -2.56. The fourth-order valence-corrected chi connectivity index (χ4v) is 3.22. The molecule has 1 aromatic carbocycles. The van der Waals surface area contributed by atoms with Gasteiger partial charge >= 0.3 is 0 Å². The van der Waals surface area contributed by atoms with Crippen LogP contribution in [-0.2, 0) is 22.7 Å². The van der Waals surface area contributed by atoms with Crippen LogP contribution in [0.4, 0.5) is 0 Å². The molecule has 1 saturated heterocycles. The van der Waals surface area contributed by atoms with E-state index in [9.17, 15) is 9.59 Å². The zero-order valence-electron chi connectivity index (χ0n) is 16.1. The molecule has 0 aliphatic carbocycles. The van der Waals surface area contributed by atoms with Gasteiger partial charge in [-0.05, 0) is 18.2 Å². The lowest BCUT2D eigenvalue weighted by Gasteiger charge is -2.35. The van der Waals surface area contributed by atoms with Crippen LogP contribution >= 0.6 is 0 Å². The SMILES string of the molecule is COc1ccc(CN2CCNC(=O)C2CC(=O)NCc2ccco2)c(OC)c1. The van der Waals surface area contributed by atoms with E-state index in [1.807, 2.05) is 23.1 Å². The minimum Gasteiger partial charge on any atom is -0.497 e. The summed E-state index contributed by atoms with van der Waals surface area (Å²) < 4.78 is 15.9. The van der Waals surface area contributed by atoms with Crippen molar-refractivity contribution in [2.24, 2.45) is 0 Å². The van der Waals surface area contributed by atoms with Crippen LogP contribution in [-0.4, -0.2) is 50.1 Å². The molecule has 2 N–H and O–H groups in total. The summed E-state index contributed by atoms with van der Waals surface area (Å²) >= 11 is 0. The molecule has 2 aromatic rings. The molecule has 8 nitrogen and oxygen atoms in total. The molecular formula is C20H25N3O5. The van der Waals surface area contributed by atoms with Crippen molar-refractivity contribution in [3.8, 4) is 11.5 Å². The summed E-state index contributed by atoms with van der Waals surface area (Å²) in [6, 6.07) is 8.59. The van der Waals surface area contributed by atoms with Gasteiger partial charge in [0.05, 0.1) is 39.5 Å². The molecule has 0 saturated carbocycles. The van der Waals surface area contributed by atoms with E-state index in [0.717, 1.165) is 5.56 Å². The second-order valence-corrected chi connectivity index (χ2v) is 6.52. The maximum absolute atomic E-state index is 12.4. The number of furan rings is 1. The highest BCUT2D eigenvalue weighted by atomic mass is 16.5. The average Bonchev–Trinajstić information content (AvgIpc) is 3.23. The van der Waals surface area contributed by atoms with Gasteiger partial charge in [0.1, 0.15) is 17.3 Å². The molecule has 0 spiro atoms. The first kappa shape index (κ1) is 19.8. The fraction of sp³-hybridized carbons (Fsp3) is 0.400. The van der Waals surface area contributed by atoms with Crippen molar-refractivity contribution in [2.75, 3.05) is 27.3 Å². The van der Waals surface area contributed by atoms with E-state index >= 15 is 0 Å². The molecular weight excluding hydrogens is 362 g/mol. The number of methoxy groups -OCH3 is 2. The molecule has 1 aliphatic rings. The number of benzene rings is 1. The largest absolute Gasteiger partial charge is 0.497 e. The monoisotopic (exact) mass is 387 g/mol. The highest BCUT2D eigenvalue weighted by Crippen LogP contribution is 2.27. The van der Waals surface area contributed by atoms with Crippen LogP contribution in [0.25, 0.3) is 0 Å². The van der Waals surface area contributed by atoms with Crippen molar-refractivity contribution >= 4 is 11.8 Å². The van der Waals surface area contributed by atoms with Gasteiger partial charge in [0.2, 0.25) is 11.8 Å². The summed E-state index contributed by atoms with van der Waals surface area (Å²) in [4.78, 5) is 26.8. The van der Waals surface area contributed by atoms with Crippen molar-refractivity contribution in [1.29, 1.82) is 0 Å². The Morgan fingerprint density at radius 2 is 2.18 bits per heavy atom. The van der Waals surface area contributed by atoms with Crippen LogP contribution in [0.2, 0.25) is 0 Å². The van der Waals surface area contributed by atoms with E-state index in [1.54, 1.807) is 32.6 Å². The van der Waals surface area contributed by atoms with Crippen LogP contribution in [0, 0.1) is 0 Å². The number of nitrogens with zero attached hydrogens (tertiary/aromatic N) is 1. The van der Waals surface area contributed by atoms with Gasteiger partial charge in [-0.15, -0.1) is 0 Å². The molecule has 2 amide bonds. The Kier molecular flexibility index (Phi) is 6.54. The third-order valence-corrected chi connectivity index (χ3v) is 4.73. The molecule has 1 aromatic heterocycles. The molecule has 1 unspecified atom stereocenters. The Hall–Kier alpha value is -3.00. The van der Waals surface area contributed by atoms with Gasteiger partial charge in [0, 0.05) is 31.3 Å². The van der Waals surface area contributed by atoms with E-state index in [1.165, 1.54) is 0 Å². The second-order valence-electron chi connectivity index (χ2n) is 6.52. The molecule has 0 bridgehead atoms. The molecule has 1 fully saturated rings. The first-order valence-corrected chi connectivity index (χ1v) is 9.12. The third-order valence-electron chi connectivity index (χ3n) is 4.73. The van der Waals surface area contributed by atoms with Gasteiger partial charge in [-0.25, -0.2) is 0 Å². The standard InChI is InChI=1S/C20H25N3O5/c1-26-15-6-5-14(18(10-15)27-2)13-23-8-7-21-20(25)17(23)11-19(24)22-12-16-4-3-9-28-16/h3-6,9-10,17H,7-8,11-13H2,1-2H3,(H,21,25)(H,22,24). The van der Waals surface area contributed by atoms with Crippen molar-refractivity contribution in [3.63, 3.8) is 0 Å². The zero-order chi connectivity index (χ0) is 19.9. The maximum Gasteiger partial charge on any atom is 0.237 e. The van der Waals surface area contributed by atoms with E-state index in [-0.39, 0.29) is 18.2 Å². The molecule has 1 atom stereocenters. The van der Waals surface area contributed by atoms with E-state index < -0.39 is 6.04 Å². The highest BCUT2D eigenvalue weighted by Gasteiger charge is 2.32. The molecule has 3 rings (SSSR count). The third kappa shape index (κ3) is 4.83. The summed E-state index contributed by atoms with van der Waals surface area (Å²) in [5.74, 6) is 1.70. The number of hydrogen-bond acceptors (Lipinski definition) is 6. The number of carbonyl (C=O) groups is 2. The summed E-state index contributed by atoms with van der Waals surface area (Å²) in [7, 11) is 3.20. The topological polar surface area (TPSA) is 93.0 Å².